The topological polar surface area (TPSA) is 38.3 Å². The molecular weight excluding hydrogens is 436 g/mol. The lowest BCUT2D eigenvalue weighted by Gasteiger charge is -2.29. The summed E-state index contributed by atoms with van der Waals surface area (Å²) in [5.41, 5.74) is -1.57. The first-order valence-corrected chi connectivity index (χ1v) is 9.38. The summed E-state index contributed by atoms with van der Waals surface area (Å²) in [5.74, 6) is -1.25. The van der Waals surface area contributed by atoms with E-state index in [1.165, 1.54) is 24.3 Å². The quantitative estimate of drug-likeness (QED) is 0.482. The molecule has 0 saturated carbocycles. The van der Waals surface area contributed by atoms with Gasteiger partial charge in [-0.1, -0.05) is 54.1 Å². The predicted molar refractivity (Wildman–Crippen MR) is 104 cm³/mol. The van der Waals surface area contributed by atoms with E-state index in [0.717, 1.165) is 23.8 Å². The van der Waals surface area contributed by atoms with Crippen LogP contribution in [-0.2, 0) is 16.4 Å². The van der Waals surface area contributed by atoms with Crippen molar-refractivity contribution in [2.24, 2.45) is 0 Å². The predicted octanol–water partition coefficient (Wildman–Crippen LogP) is 6.20. The lowest BCUT2D eigenvalue weighted by Crippen LogP contribution is -2.37. The average molecular weight is 451 g/mol. The molecule has 0 saturated heterocycles. The highest BCUT2D eigenvalue weighted by molar-refractivity contribution is 6.12. The SMILES string of the molecule is Cc1ccc(C2(c3ccc(OC(F)(F)F)cc3)C(=O)Nc3c(C(F)(F)F)cccc32)cc1. The van der Waals surface area contributed by atoms with Crippen molar-refractivity contribution in [3.63, 3.8) is 0 Å². The summed E-state index contributed by atoms with van der Waals surface area (Å²) in [7, 11) is 0. The highest BCUT2D eigenvalue weighted by Gasteiger charge is 2.52. The number of amides is 1. The second kappa shape index (κ2) is 7.29. The molecule has 166 valence electrons. The normalized spacial score (nSPS) is 18.3. The van der Waals surface area contributed by atoms with E-state index >= 15 is 0 Å². The molecule has 3 aromatic rings. The van der Waals surface area contributed by atoms with Gasteiger partial charge in [0.25, 0.3) is 0 Å². The molecule has 1 N–H and O–H groups in total. The van der Waals surface area contributed by atoms with Crippen molar-refractivity contribution in [2.45, 2.75) is 24.9 Å². The Morgan fingerprint density at radius 1 is 0.812 bits per heavy atom. The van der Waals surface area contributed by atoms with E-state index < -0.39 is 35.2 Å². The maximum atomic E-state index is 13.6. The van der Waals surface area contributed by atoms with Crippen molar-refractivity contribution >= 4 is 11.6 Å². The van der Waals surface area contributed by atoms with Crippen molar-refractivity contribution in [3.8, 4) is 5.75 Å². The van der Waals surface area contributed by atoms with Gasteiger partial charge in [0.2, 0.25) is 5.91 Å². The first kappa shape index (κ1) is 21.7. The number of halogens is 6. The molecule has 4 rings (SSSR count). The minimum Gasteiger partial charge on any atom is -0.406 e. The Balaban J connectivity index is 1.97. The van der Waals surface area contributed by atoms with Crippen LogP contribution in [0.15, 0.2) is 66.7 Å². The van der Waals surface area contributed by atoms with E-state index in [9.17, 15) is 31.1 Å². The molecule has 1 unspecified atom stereocenters. The highest BCUT2D eigenvalue weighted by atomic mass is 19.4. The van der Waals surface area contributed by atoms with E-state index in [-0.39, 0.29) is 16.8 Å². The first-order chi connectivity index (χ1) is 14.9. The van der Waals surface area contributed by atoms with Gasteiger partial charge in [-0.05, 0) is 36.2 Å². The highest BCUT2D eigenvalue weighted by Crippen LogP contribution is 2.51. The number of nitrogens with one attached hydrogen (secondary N) is 1. The molecule has 3 nitrogen and oxygen atoms in total. The van der Waals surface area contributed by atoms with Crippen molar-refractivity contribution in [2.75, 3.05) is 5.32 Å². The van der Waals surface area contributed by atoms with Gasteiger partial charge in [0.1, 0.15) is 11.2 Å². The monoisotopic (exact) mass is 451 g/mol. The van der Waals surface area contributed by atoms with Gasteiger partial charge in [0.15, 0.2) is 0 Å². The van der Waals surface area contributed by atoms with Crippen molar-refractivity contribution < 1.29 is 35.9 Å². The number of carbonyl (C=O) groups is 1. The molecule has 32 heavy (non-hydrogen) atoms. The number of ether oxygens (including phenoxy) is 1. The minimum absolute atomic E-state index is 0.0608. The molecule has 1 heterocycles. The van der Waals surface area contributed by atoms with Crippen LogP contribution in [0.2, 0.25) is 0 Å². The largest absolute Gasteiger partial charge is 0.573 e. The number of anilines is 1. The number of hydrogen-bond donors (Lipinski definition) is 1. The fourth-order valence-electron chi connectivity index (χ4n) is 4.02. The Morgan fingerprint density at radius 2 is 1.38 bits per heavy atom. The number of aryl methyl sites for hydroxylation is 1. The fourth-order valence-corrected chi connectivity index (χ4v) is 4.02. The number of rotatable bonds is 3. The van der Waals surface area contributed by atoms with Crippen LogP contribution in [0.25, 0.3) is 0 Å². The van der Waals surface area contributed by atoms with Crippen LogP contribution in [0.3, 0.4) is 0 Å². The van der Waals surface area contributed by atoms with E-state index in [0.29, 0.717) is 5.56 Å². The molecule has 0 aliphatic carbocycles. The lowest BCUT2D eigenvalue weighted by atomic mass is 9.70. The maximum Gasteiger partial charge on any atom is 0.573 e. The van der Waals surface area contributed by atoms with Gasteiger partial charge in [-0.25, -0.2) is 0 Å². The molecule has 1 aliphatic rings. The molecule has 0 bridgehead atoms. The fraction of sp³-hybridized carbons (Fsp3) is 0.174. The van der Waals surface area contributed by atoms with Crippen LogP contribution in [0.5, 0.6) is 5.75 Å². The average Bonchev–Trinajstić information content (AvgIpc) is 3.00. The Morgan fingerprint density at radius 3 is 1.91 bits per heavy atom. The molecule has 0 spiro atoms. The lowest BCUT2D eigenvalue weighted by molar-refractivity contribution is -0.274. The van der Waals surface area contributed by atoms with E-state index in [4.69, 9.17) is 0 Å². The zero-order chi connectivity index (χ0) is 23.3. The van der Waals surface area contributed by atoms with Gasteiger partial charge < -0.3 is 10.1 Å². The summed E-state index contributed by atoms with van der Waals surface area (Å²) in [6.45, 7) is 1.81. The van der Waals surface area contributed by atoms with Crippen LogP contribution in [0.4, 0.5) is 32.0 Å². The Labute approximate surface area is 178 Å². The van der Waals surface area contributed by atoms with Gasteiger partial charge in [0.05, 0.1) is 11.3 Å². The van der Waals surface area contributed by atoms with Crippen LogP contribution in [-0.4, -0.2) is 12.3 Å². The molecule has 0 radical (unpaired) electrons. The second-order valence-electron chi connectivity index (χ2n) is 7.37. The number of carbonyl (C=O) groups excluding carboxylic acids is 1. The molecular formula is C23H15F6NO2. The first-order valence-electron chi connectivity index (χ1n) is 9.38. The van der Waals surface area contributed by atoms with Gasteiger partial charge in [-0.3, -0.25) is 4.79 Å². The van der Waals surface area contributed by atoms with Crippen LogP contribution in [0.1, 0.15) is 27.8 Å². The van der Waals surface area contributed by atoms with Gasteiger partial charge in [0, 0.05) is 5.56 Å². The Kier molecular flexibility index (Phi) is 4.95. The molecule has 0 aromatic heterocycles. The third kappa shape index (κ3) is 3.57. The summed E-state index contributed by atoms with van der Waals surface area (Å²) in [6, 6.07) is 14.7. The van der Waals surface area contributed by atoms with E-state index in [1.807, 2.05) is 6.92 Å². The number of hydrogen-bond acceptors (Lipinski definition) is 2. The summed E-state index contributed by atoms with van der Waals surface area (Å²) in [5, 5.41) is 2.36. The standard InChI is InChI=1S/C23H15F6NO2/c1-13-5-7-14(8-6-13)21(15-9-11-16(12-10-15)32-23(27,28)29)17-3-2-4-18(22(24,25)26)19(17)30-20(21)31/h2-12H,1H3,(H,30,31). The molecule has 3 aromatic carbocycles. The van der Waals surface area contributed by atoms with Gasteiger partial charge in [-0.2, -0.15) is 13.2 Å². The molecule has 1 amide bonds. The number of benzene rings is 3. The number of para-hydroxylation sites is 1. The smallest absolute Gasteiger partial charge is 0.406 e. The summed E-state index contributed by atoms with van der Waals surface area (Å²) in [6.07, 6.45) is -9.62. The molecule has 0 fully saturated rings. The molecule has 1 aliphatic heterocycles. The summed E-state index contributed by atoms with van der Waals surface area (Å²) < 4.78 is 82.4. The second-order valence-corrected chi connectivity index (χ2v) is 7.37. The zero-order valence-electron chi connectivity index (χ0n) is 16.4. The van der Waals surface area contributed by atoms with Gasteiger partial charge >= 0.3 is 12.5 Å². The van der Waals surface area contributed by atoms with Crippen molar-refractivity contribution in [1.82, 2.24) is 0 Å². The summed E-state index contributed by atoms with van der Waals surface area (Å²) in [4.78, 5) is 13.3. The zero-order valence-corrected chi connectivity index (χ0v) is 16.4. The third-order valence-corrected chi connectivity index (χ3v) is 5.36. The van der Waals surface area contributed by atoms with Gasteiger partial charge in [-0.15, -0.1) is 13.2 Å². The van der Waals surface area contributed by atoms with Crippen LogP contribution in [0, 0.1) is 6.92 Å². The van der Waals surface area contributed by atoms with E-state index in [1.54, 1.807) is 24.3 Å². The van der Waals surface area contributed by atoms with Crippen LogP contribution < -0.4 is 10.1 Å². The molecule has 9 heteroatoms. The maximum absolute atomic E-state index is 13.6. The Bertz CT molecular complexity index is 1170. The van der Waals surface area contributed by atoms with Crippen molar-refractivity contribution in [1.29, 1.82) is 0 Å². The number of fused-ring (bicyclic) bond motifs is 1. The van der Waals surface area contributed by atoms with E-state index in [2.05, 4.69) is 10.1 Å². The number of alkyl halides is 6. The minimum atomic E-state index is -4.91. The Hall–Kier alpha value is -3.49. The molecule has 1 atom stereocenters. The third-order valence-electron chi connectivity index (χ3n) is 5.36. The summed E-state index contributed by atoms with van der Waals surface area (Å²) >= 11 is 0. The van der Waals surface area contributed by atoms with Crippen LogP contribution >= 0.6 is 0 Å². The van der Waals surface area contributed by atoms with Crippen molar-refractivity contribution in [3.05, 3.63) is 94.5 Å².